The van der Waals surface area contributed by atoms with Gasteiger partial charge in [0.1, 0.15) is 5.69 Å². The molecule has 1 aromatic heterocycles. The molecule has 1 saturated carbocycles. The zero-order valence-corrected chi connectivity index (χ0v) is 14.0. The Morgan fingerprint density at radius 3 is 2.64 bits per heavy atom. The van der Waals surface area contributed by atoms with Gasteiger partial charge in [0.05, 0.1) is 11.3 Å². The Morgan fingerprint density at radius 1 is 1.16 bits per heavy atom. The first kappa shape index (κ1) is 16.9. The lowest BCUT2D eigenvalue weighted by Gasteiger charge is -2.11. The van der Waals surface area contributed by atoms with Gasteiger partial charge in [0.15, 0.2) is 0 Å². The Balaban J connectivity index is 1.80. The van der Waals surface area contributed by atoms with Gasteiger partial charge in [-0.2, -0.15) is 5.10 Å². The number of rotatable bonds is 6. The lowest BCUT2D eigenvalue weighted by molar-refractivity contribution is 0.0952. The van der Waals surface area contributed by atoms with Crippen molar-refractivity contribution < 1.29 is 9.59 Å². The largest absolute Gasteiger partial charge is 0.349 e. The minimum atomic E-state index is -0.462. The smallest absolute Gasteiger partial charge is 0.276 e. The molecule has 0 atom stereocenters. The molecule has 25 heavy (non-hydrogen) atoms. The minimum absolute atomic E-state index is 0.130. The number of hydrogen-bond acceptors (Lipinski definition) is 4. The molecule has 1 aromatic carbocycles. The summed E-state index contributed by atoms with van der Waals surface area (Å²) in [5, 5.41) is 9.70. The molecule has 1 aliphatic rings. The number of amides is 2. The number of aryl methyl sites for hydroxylation is 1. The van der Waals surface area contributed by atoms with E-state index in [4.69, 9.17) is 0 Å². The quantitative estimate of drug-likeness (QED) is 0.838. The fraction of sp³-hybridized carbons (Fsp3) is 0.333. The first-order valence-electron chi connectivity index (χ1n) is 8.38. The van der Waals surface area contributed by atoms with Crippen LogP contribution in [-0.2, 0) is 6.54 Å². The molecule has 0 saturated heterocycles. The fourth-order valence-electron chi connectivity index (χ4n) is 2.41. The molecule has 2 amide bonds. The van der Waals surface area contributed by atoms with Crippen molar-refractivity contribution in [2.75, 3.05) is 5.32 Å². The molecule has 0 aliphatic heterocycles. The van der Waals surface area contributed by atoms with Gasteiger partial charge in [-0.1, -0.05) is 19.1 Å². The Kier molecular flexibility index (Phi) is 4.92. The van der Waals surface area contributed by atoms with Crippen LogP contribution in [0.5, 0.6) is 0 Å². The van der Waals surface area contributed by atoms with E-state index in [2.05, 4.69) is 15.7 Å². The van der Waals surface area contributed by atoms with Crippen LogP contribution in [0.1, 0.15) is 47.0 Å². The van der Waals surface area contributed by atoms with E-state index in [0.717, 1.165) is 19.3 Å². The van der Waals surface area contributed by atoms with E-state index in [0.29, 0.717) is 17.8 Å². The van der Waals surface area contributed by atoms with Gasteiger partial charge < -0.3 is 10.6 Å². The number of aromatic nitrogens is 2. The van der Waals surface area contributed by atoms with Gasteiger partial charge in [-0.25, -0.2) is 4.68 Å². The molecule has 3 rings (SSSR count). The molecule has 0 spiro atoms. The van der Waals surface area contributed by atoms with Crippen LogP contribution in [0.2, 0.25) is 0 Å². The molecule has 7 heteroatoms. The maximum absolute atomic E-state index is 12.5. The number of anilines is 1. The predicted octanol–water partition coefficient (Wildman–Crippen LogP) is 1.80. The summed E-state index contributed by atoms with van der Waals surface area (Å²) in [6.07, 6.45) is 2.72. The second-order valence-corrected chi connectivity index (χ2v) is 6.03. The lowest BCUT2D eigenvalue weighted by Crippen LogP contribution is -2.28. The number of carbonyl (C=O) groups is 2. The van der Waals surface area contributed by atoms with Gasteiger partial charge in [0.2, 0.25) is 0 Å². The molecule has 130 valence electrons. The van der Waals surface area contributed by atoms with E-state index in [1.807, 2.05) is 6.92 Å². The van der Waals surface area contributed by atoms with Crippen LogP contribution in [0.3, 0.4) is 0 Å². The van der Waals surface area contributed by atoms with Gasteiger partial charge in [0.25, 0.3) is 17.4 Å². The minimum Gasteiger partial charge on any atom is -0.349 e. The van der Waals surface area contributed by atoms with Crippen LogP contribution < -0.4 is 16.2 Å². The van der Waals surface area contributed by atoms with Gasteiger partial charge in [-0.05, 0) is 37.5 Å². The molecule has 0 unspecified atom stereocenters. The number of benzene rings is 1. The van der Waals surface area contributed by atoms with Gasteiger partial charge >= 0.3 is 0 Å². The second kappa shape index (κ2) is 7.29. The SMILES string of the molecule is CCCn1nc(C(=O)Nc2ccccc2C(=O)NC2CC2)ccc1=O. The zero-order valence-electron chi connectivity index (χ0n) is 14.0. The first-order chi connectivity index (χ1) is 12.1. The molecule has 0 bridgehead atoms. The predicted molar refractivity (Wildman–Crippen MR) is 93.7 cm³/mol. The summed E-state index contributed by atoms with van der Waals surface area (Å²) in [4.78, 5) is 36.5. The normalized spacial score (nSPS) is 13.3. The van der Waals surface area contributed by atoms with Crippen LogP contribution >= 0.6 is 0 Å². The standard InChI is InChI=1S/C18H20N4O3/c1-2-11-22-16(23)10-9-15(21-22)18(25)20-14-6-4-3-5-13(14)17(24)19-12-7-8-12/h3-6,9-10,12H,2,7-8,11H2,1H3,(H,19,24)(H,20,25). The monoisotopic (exact) mass is 340 g/mol. The van der Waals surface area contributed by atoms with E-state index in [-0.39, 0.29) is 23.2 Å². The molecule has 1 aliphatic carbocycles. The molecular formula is C18H20N4O3. The highest BCUT2D eigenvalue weighted by molar-refractivity contribution is 6.08. The number of para-hydroxylation sites is 1. The van der Waals surface area contributed by atoms with Crippen LogP contribution in [0.4, 0.5) is 5.69 Å². The van der Waals surface area contributed by atoms with Gasteiger partial charge in [-0.3, -0.25) is 14.4 Å². The Labute approximate surface area is 145 Å². The first-order valence-corrected chi connectivity index (χ1v) is 8.38. The fourth-order valence-corrected chi connectivity index (χ4v) is 2.41. The Morgan fingerprint density at radius 2 is 1.92 bits per heavy atom. The van der Waals surface area contributed by atoms with Crippen LogP contribution in [-0.4, -0.2) is 27.6 Å². The van der Waals surface area contributed by atoms with Crippen molar-refractivity contribution >= 4 is 17.5 Å². The number of nitrogens with one attached hydrogen (secondary N) is 2. The molecule has 7 nitrogen and oxygen atoms in total. The maximum Gasteiger partial charge on any atom is 0.276 e. The molecule has 1 fully saturated rings. The van der Waals surface area contributed by atoms with Crippen molar-refractivity contribution in [2.24, 2.45) is 0 Å². The highest BCUT2D eigenvalue weighted by Gasteiger charge is 2.25. The van der Waals surface area contributed by atoms with Crippen molar-refractivity contribution in [1.29, 1.82) is 0 Å². The molecule has 2 aromatic rings. The van der Waals surface area contributed by atoms with Crippen LogP contribution in [0.15, 0.2) is 41.2 Å². The van der Waals surface area contributed by atoms with Crippen molar-refractivity contribution in [1.82, 2.24) is 15.1 Å². The summed E-state index contributed by atoms with van der Waals surface area (Å²) in [5.41, 5.74) is 0.707. The topological polar surface area (TPSA) is 93.1 Å². The third-order valence-electron chi connectivity index (χ3n) is 3.87. The van der Waals surface area contributed by atoms with E-state index < -0.39 is 5.91 Å². The third-order valence-corrected chi connectivity index (χ3v) is 3.87. The summed E-state index contributed by atoms with van der Waals surface area (Å²) in [5.74, 6) is -0.668. The highest BCUT2D eigenvalue weighted by Crippen LogP contribution is 2.21. The zero-order chi connectivity index (χ0) is 17.8. The Bertz CT molecular complexity index is 855. The van der Waals surface area contributed by atoms with Crippen molar-refractivity contribution in [3.63, 3.8) is 0 Å². The van der Waals surface area contributed by atoms with Crippen LogP contribution in [0, 0.1) is 0 Å². The van der Waals surface area contributed by atoms with E-state index in [1.54, 1.807) is 24.3 Å². The molecule has 2 N–H and O–H groups in total. The number of nitrogens with zero attached hydrogens (tertiary/aromatic N) is 2. The van der Waals surface area contributed by atoms with Gasteiger partial charge in [-0.15, -0.1) is 0 Å². The summed E-state index contributed by atoms with van der Waals surface area (Å²) in [6, 6.07) is 9.77. The number of hydrogen-bond donors (Lipinski definition) is 2. The second-order valence-electron chi connectivity index (χ2n) is 6.03. The van der Waals surface area contributed by atoms with Crippen LogP contribution in [0.25, 0.3) is 0 Å². The average Bonchev–Trinajstić information content (AvgIpc) is 3.41. The van der Waals surface area contributed by atoms with E-state index >= 15 is 0 Å². The van der Waals surface area contributed by atoms with E-state index in [1.165, 1.54) is 16.8 Å². The van der Waals surface area contributed by atoms with E-state index in [9.17, 15) is 14.4 Å². The average molecular weight is 340 g/mol. The summed E-state index contributed by atoms with van der Waals surface area (Å²) < 4.78 is 1.26. The third kappa shape index (κ3) is 4.12. The molecule has 1 heterocycles. The lowest BCUT2D eigenvalue weighted by atomic mass is 10.1. The molecule has 0 radical (unpaired) electrons. The maximum atomic E-state index is 12.5. The molecular weight excluding hydrogens is 320 g/mol. The van der Waals surface area contributed by atoms with Crippen molar-refractivity contribution in [2.45, 2.75) is 38.8 Å². The summed E-state index contributed by atoms with van der Waals surface area (Å²) in [6.45, 7) is 2.37. The number of carbonyl (C=O) groups excluding carboxylic acids is 2. The highest BCUT2D eigenvalue weighted by atomic mass is 16.2. The van der Waals surface area contributed by atoms with Crippen molar-refractivity contribution in [3.05, 3.63) is 58.0 Å². The summed E-state index contributed by atoms with van der Waals surface area (Å²) >= 11 is 0. The van der Waals surface area contributed by atoms with Crippen molar-refractivity contribution in [3.8, 4) is 0 Å². The van der Waals surface area contributed by atoms with Gasteiger partial charge in [0, 0.05) is 18.7 Å². The Hall–Kier alpha value is -2.96. The summed E-state index contributed by atoms with van der Waals surface area (Å²) in [7, 11) is 0.